The third-order valence-electron chi connectivity index (χ3n) is 5.10. The minimum absolute atomic E-state index is 0.231. The minimum atomic E-state index is 0.231. The molecule has 2 aliphatic rings. The Hall–Kier alpha value is -1.59. The molecule has 0 aliphatic carbocycles. The Morgan fingerprint density at radius 3 is 2.46 bits per heavy atom. The average Bonchev–Trinajstić information content (AvgIpc) is 2.64. The Kier molecular flexibility index (Phi) is 6.10. The summed E-state index contributed by atoms with van der Waals surface area (Å²) in [6.45, 7) is 4.60. The van der Waals surface area contributed by atoms with E-state index in [1.54, 1.807) is 7.11 Å². The third kappa shape index (κ3) is 4.28. The first kappa shape index (κ1) is 17.2. The van der Waals surface area contributed by atoms with Crippen molar-refractivity contribution in [2.24, 2.45) is 0 Å². The molecule has 1 amide bonds. The van der Waals surface area contributed by atoms with Crippen molar-refractivity contribution < 1.29 is 9.53 Å². The van der Waals surface area contributed by atoms with Gasteiger partial charge in [0.2, 0.25) is 5.91 Å². The van der Waals surface area contributed by atoms with Crippen LogP contribution in [-0.2, 0) is 4.79 Å². The summed E-state index contributed by atoms with van der Waals surface area (Å²) >= 11 is 0. The van der Waals surface area contributed by atoms with Gasteiger partial charge >= 0.3 is 0 Å². The van der Waals surface area contributed by atoms with Gasteiger partial charge in [0.15, 0.2) is 0 Å². The SMILES string of the molecule is COc1ccc(N(C(=O)CN2CCCCC2)C2CCNCC2)cc1. The minimum Gasteiger partial charge on any atom is -0.497 e. The number of methoxy groups -OCH3 is 1. The van der Waals surface area contributed by atoms with Crippen molar-refractivity contribution in [2.45, 2.75) is 38.1 Å². The van der Waals surface area contributed by atoms with Crippen molar-refractivity contribution in [2.75, 3.05) is 44.7 Å². The number of hydrogen-bond donors (Lipinski definition) is 1. The lowest BCUT2D eigenvalue weighted by atomic mass is 10.0. The smallest absolute Gasteiger partial charge is 0.241 e. The van der Waals surface area contributed by atoms with Crippen LogP contribution in [0.15, 0.2) is 24.3 Å². The standard InChI is InChI=1S/C19H29N3O2/c1-24-18-7-5-16(6-8-18)22(17-9-11-20-12-10-17)19(23)15-21-13-3-2-4-14-21/h5-8,17,20H,2-4,9-15H2,1H3. The lowest BCUT2D eigenvalue weighted by Gasteiger charge is -2.36. The summed E-state index contributed by atoms with van der Waals surface area (Å²) in [4.78, 5) is 17.4. The fourth-order valence-corrected chi connectivity index (χ4v) is 3.75. The van der Waals surface area contributed by atoms with Crippen LogP contribution in [-0.4, -0.2) is 56.7 Å². The van der Waals surface area contributed by atoms with Gasteiger partial charge in [-0.2, -0.15) is 0 Å². The fourth-order valence-electron chi connectivity index (χ4n) is 3.75. The van der Waals surface area contributed by atoms with Gasteiger partial charge < -0.3 is 15.0 Å². The van der Waals surface area contributed by atoms with Crippen molar-refractivity contribution in [3.8, 4) is 5.75 Å². The predicted molar refractivity (Wildman–Crippen MR) is 96.7 cm³/mol. The zero-order valence-electron chi connectivity index (χ0n) is 14.7. The van der Waals surface area contributed by atoms with E-state index in [2.05, 4.69) is 10.2 Å². The van der Waals surface area contributed by atoms with Crippen molar-refractivity contribution >= 4 is 11.6 Å². The van der Waals surface area contributed by atoms with Crippen LogP contribution >= 0.6 is 0 Å². The van der Waals surface area contributed by atoms with Crippen molar-refractivity contribution in [1.29, 1.82) is 0 Å². The number of rotatable bonds is 5. The highest BCUT2D eigenvalue weighted by atomic mass is 16.5. The van der Waals surface area contributed by atoms with Crippen LogP contribution in [0.1, 0.15) is 32.1 Å². The third-order valence-corrected chi connectivity index (χ3v) is 5.10. The first-order valence-corrected chi connectivity index (χ1v) is 9.17. The maximum Gasteiger partial charge on any atom is 0.241 e. The van der Waals surface area contributed by atoms with Gasteiger partial charge in [-0.3, -0.25) is 9.69 Å². The number of nitrogens with zero attached hydrogens (tertiary/aromatic N) is 2. The molecule has 2 saturated heterocycles. The van der Waals surface area contributed by atoms with E-state index in [0.717, 1.165) is 50.5 Å². The summed E-state index contributed by atoms with van der Waals surface area (Å²) in [6.07, 6.45) is 5.74. The maximum atomic E-state index is 13.1. The van der Waals surface area contributed by atoms with Gasteiger partial charge in [-0.15, -0.1) is 0 Å². The monoisotopic (exact) mass is 331 g/mol. The number of carbonyl (C=O) groups is 1. The van der Waals surface area contributed by atoms with E-state index >= 15 is 0 Å². The van der Waals surface area contributed by atoms with Crippen LogP contribution < -0.4 is 15.0 Å². The van der Waals surface area contributed by atoms with E-state index in [9.17, 15) is 4.79 Å². The summed E-state index contributed by atoms with van der Waals surface area (Å²) in [7, 11) is 1.67. The quantitative estimate of drug-likeness (QED) is 0.899. The lowest BCUT2D eigenvalue weighted by molar-refractivity contribution is -0.120. The van der Waals surface area contributed by atoms with Gasteiger partial charge in [0.1, 0.15) is 5.75 Å². The summed E-state index contributed by atoms with van der Waals surface area (Å²) in [5, 5.41) is 3.39. The Balaban J connectivity index is 1.75. The van der Waals surface area contributed by atoms with Gasteiger partial charge in [0.05, 0.1) is 13.7 Å². The molecule has 3 rings (SSSR count). The van der Waals surface area contributed by atoms with Gasteiger partial charge in [-0.25, -0.2) is 0 Å². The molecule has 132 valence electrons. The van der Waals surface area contributed by atoms with E-state index in [0.29, 0.717) is 6.54 Å². The fraction of sp³-hybridized carbons (Fsp3) is 0.632. The number of amides is 1. The van der Waals surface area contributed by atoms with E-state index < -0.39 is 0 Å². The summed E-state index contributed by atoms with van der Waals surface area (Å²) < 4.78 is 5.25. The van der Waals surface area contributed by atoms with Crippen molar-refractivity contribution in [3.63, 3.8) is 0 Å². The first-order valence-electron chi connectivity index (χ1n) is 9.17. The second kappa shape index (κ2) is 8.49. The molecule has 2 aliphatic heterocycles. The molecular weight excluding hydrogens is 302 g/mol. The Bertz CT molecular complexity index is 520. The molecule has 2 heterocycles. The highest BCUT2D eigenvalue weighted by molar-refractivity contribution is 5.95. The normalized spacial score (nSPS) is 19.9. The second-order valence-electron chi connectivity index (χ2n) is 6.78. The number of ether oxygens (including phenoxy) is 1. The van der Waals surface area contributed by atoms with Crippen LogP contribution in [0.2, 0.25) is 0 Å². The largest absolute Gasteiger partial charge is 0.497 e. The van der Waals surface area contributed by atoms with Crippen LogP contribution in [0.25, 0.3) is 0 Å². The highest BCUT2D eigenvalue weighted by Crippen LogP contribution is 2.25. The summed E-state index contributed by atoms with van der Waals surface area (Å²) in [6, 6.07) is 8.19. The van der Waals surface area contributed by atoms with Crippen LogP contribution in [0, 0.1) is 0 Å². The first-order chi connectivity index (χ1) is 11.8. The van der Waals surface area contributed by atoms with E-state index in [-0.39, 0.29) is 11.9 Å². The number of nitrogens with one attached hydrogen (secondary N) is 1. The summed E-state index contributed by atoms with van der Waals surface area (Å²) in [5.74, 6) is 1.06. The number of hydrogen-bond acceptors (Lipinski definition) is 4. The second-order valence-corrected chi connectivity index (χ2v) is 6.78. The van der Waals surface area contributed by atoms with E-state index in [1.807, 2.05) is 29.2 Å². The molecule has 0 unspecified atom stereocenters. The summed E-state index contributed by atoms with van der Waals surface area (Å²) in [5.41, 5.74) is 0.990. The Morgan fingerprint density at radius 2 is 1.83 bits per heavy atom. The lowest BCUT2D eigenvalue weighted by Crippen LogP contribution is -2.50. The van der Waals surface area contributed by atoms with Gasteiger partial charge in [-0.05, 0) is 76.1 Å². The molecule has 0 atom stereocenters. The van der Waals surface area contributed by atoms with Crippen molar-refractivity contribution in [3.05, 3.63) is 24.3 Å². The molecular formula is C19H29N3O2. The number of likely N-dealkylation sites (tertiary alicyclic amines) is 1. The predicted octanol–water partition coefficient (Wildman–Crippen LogP) is 2.27. The molecule has 2 fully saturated rings. The highest BCUT2D eigenvalue weighted by Gasteiger charge is 2.28. The molecule has 0 aromatic heterocycles. The zero-order chi connectivity index (χ0) is 16.8. The topological polar surface area (TPSA) is 44.8 Å². The van der Waals surface area contributed by atoms with Crippen LogP contribution in [0.3, 0.4) is 0 Å². The molecule has 0 saturated carbocycles. The van der Waals surface area contributed by atoms with Gasteiger partial charge in [-0.1, -0.05) is 6.42 Å². The number of benzene rings is 1. The number of anilines is 1. The Labute approximate surface area is 145 Å². The molecule has 0 radical (unpaired) electrons. The molecule has 5 heteroatoms. The van der Waals surface area contributed by atoms with Gasteiger partial charge in [0.25, 0.3) is 0 Å². The van der Waals surface area contributed by atoms with Crippen LogP contribution in [0.4, 0.5) is 5.69 Å². The number of piperidine rings is 2. The van der Waals surface area contributed by atoms with Crippen molar-refractivity contribution in [1.82, 2.24) is 10.2 Å². The van der Waals surface area contributed by atoms with E-state index in [1.165, 1.54) is 19.3 Å². The Morgan fingerprint density at radius 1 is 1.17 bits per heavy atom. The average molecular weight is 331 g/mol. The van der Waals surface area contributed by atoms with Crippen LogP contribution in [0.5, 0.6) is 5.75 Å². The molecule has 1 aromatic rings. The van der Waals surface area contributed by atoms with Gasteiger partial charge in [0, 0.05) is 11.7 Å². The molecule has 0 bridgehead atoms. The molecule has 1 N–H and O–H groups in total. The molecule has 0 spiro atoms. The molecule has 24 heavy (non-hydrogen) atoms. The molecule has 5 nitrogen and oxygen atoms in total. The zero-order valence-corrected chi connectivity index (χ0v) is 14.7. The maximum absolute atomic E-state index is 13.1. The number of carbonyl (C=O) groups excluding carboxylic acids is 1. The molecule has 1 aromatic carbocycles. The van der Waals surface area contributed by atoms with E-state index in [4.69, 9.17) is 4.74 Å².